The van der Waals surface area contributed by atoms with E-state index in [2.05, 4.69) is 5.32 Å². The number of hydrogen-bond acceptors (Lipinski definition) is 3. The van der Waals surface area contributed by atoms with Gasteiger partial charge in [0.2, 0.25) is 11.8 Å². The van der Waals surface area contributed by atoms with Gasteiger partial charge >= 0.3 is 0 Å². The second-order valence-electron chi connectivity index (χ2n) is 5.31. The molecule has 0 radical (unpaired) electrons. The van der Waals surface area contributed by atoms with Crippen molar-refractivity contribution in [2.75, 3.05) is 13.1 Å². The molecule has 18 heavy (non-hydrogen) atoms. The summed E-state index contributed by atoms with van der Waals surface area (Å²) in [4.78, 5) is 25.2. The lowest BCUT2D eigenvalue weighted by Crippen LogP contribution is -2.48. The molecule has 0 aromatic rings. The van der Waals surface area contributed by atoms with E-state index < -0.39 is 6.04 Å². The van der Waals surface area contributed by atoms with E-state index in [-0.39, 0.29) is 24.4 Å². The summed E-state index contributed by atoms with van der Waals surface area (Å²) in [5.74, 6) is 0.0780. The normalized spacial score (nSPS) is 12.7. The lowest BCUT2D eigenvalue weighted by Gasteiger charge is -2.25. The number of hydrogen-bond donors (Lipinski definition) is 2. The number of nitrogens with zero attached hydrogens (tertiary/aromatic N) is 1. The van der Waals surface area contributed by atoms with Crippen molar-refractivity contribution in [1.82, 2.24) is 10.2 Å². The van der Waals surface area contributed by atoms with Gasteiger partial charge in [0, 0.05) is 12.6 Å². The summed E-state index contributed by atoms with van der Waals surface area (Å²) in [6, 6.07) is -0.438. The van der Waals surface area contributed by atoms with Gasteiger partial charge in [-0.25, -0.2) is 0 Å². The molecule has 0 aliphatic rings. The fourth-order valence-corrected chi connectivity index (χ4v) is 1.73. The Labute approximate surface area is 110 Å². The molecule has 1 atom stereocenters. The minimum absolute atomic E-state index is 0.0793. The Bertz CT molecular complexity index is 277. The van der Waals surface area contributed by atoms with Crippen molar-refractivity contribution >= 4 is 11.8 Å². The van der Waals surface area contributed by atoms with E-state index in [4.69, 9.17) is 5.73 Å². The Kier molecular flexibility index (Phi) is 7.59. The van der Waals surface area contributed by atoms with Crippen LogP contribution in [-0.2, 0) is 9.59 Å². The molecule has 2 amide bonds. The average molecular weight is 257 g/mol. The monoisotopic (exact) mass is 257 g/mol. The van der Waals surface area contributed by atoms with Crippen LogP contribution in [0.3, 0.4) is 0 Å². The van der Waals surface area contributed by atoms with Crippen LogP contribution < -0.4 is 11.1 Å². The summed E-state index contributed by atoms with van der Waals surface area (Å²) >= 11 is 0. The number of nitrogens with one attached hydrogen (secondary N) is 1. The Balaban J connectivity index is 4.39. The maximum absolute atomic E-state index is 12.1. The van der Waals surface area contributed by atoms with Crippen molar-refractivity contribution < 1.29 is 9.59 Å². The fraction of sp³-hybridized carbons (Fsp3) is 0.846. The van der Waals surface area contributed by atoms with Crippen molar-refractivity contribution in [3.05, 3.63) is 0 Å². The average Bonchev–Trinajstić information content (AvgIpc) is 2.22. The standard InChI is InChI=1S/C13H27N3O2/c1-6-16(8-12(17)15-10(4)5)13(18)11(14)7-9(2)3/h9-11H,6-8,14H2,1-5H3,(H,15,17)/t11-/m0/s1. The molecular formula is C13H27N3O2. The van der Waals surface area contributed by atoms with Gasteiger partial charge in [-0.15, -0.1) is 0 Å². The molecule has 5 nitrogen and oxygen atoms in total. The van der Waals surface area contributed by atoms with Crippen LogP contribution in [0.2, 0.25) is 0 Å². The summed E-state index contributed by atoms with van der Waals surface area (Å²) in [5.41, 5.74) is 5.85. The van der Waals surface area contributed by atoms with Crippen LogP contribution in [0.15, 0.2) is 0 Å². The third kappa shape index (κ3) is 6.59. The van der Waals surface area contributed by atoms with Crippen molar-refractivity contribution in [2.24, 2.45) is 11.7 Å². The topological polar surface area (TPSA) is 75.4 Å². The lowest BCUT2D eigenvalue weighted by molar-refractivity contribution is -0.137. The number of amides is 2. The molecule has 0 aromatic carbocycles. The smallest absolute Gasteiger partial charge is 0.239 e. The summed E-state index contributed by atoms with van der Waals surface area (Å²) in [7, 11) is 0. The van der Waals surface area contributed by atoms with Crippen molar-refractivity contribution in [3.63, 3.8) is 0 Å². The number of carbonyl (C=O) groups is 2. The van der Waals surface area contributed by atoms with Crippen molar-refractivity contribution in [3.8, 4) is 0 Å². The highest BCUT2D eigenvalue weighted by Crippen LogP contribution is 2.05. The van der Waals surface area contributed by atoms with Gasteiger partial charge in [-0.05, 0) is 33.1 Å². The lowest BCUT2D eigenvalue weighted by atomic mass is 10.0. The van der Waals surface area contributed by atoms with E-state index in [1.165, 1.54) is 4.90 Å². The van der Waals surface area contributed by atoms with Crippen molar-refractivity contribution in [1.29, 1.82) is 0 Å². The highest BCUT2D eigenvalue weighted by molar-refractivity contribution is 5.87. The molecule has 3 N–H and O–H groups in total. The third-order valence-electron chi connectivity index (χ3n) is 2.52. The quantitative estimate of drug-likeness (QED) is 0.706. The predicted molar refractivity (Wildman–Crippen MR) is 73.0 cm³/mol. The summed E-state index contributed by atoms with van der Waals surface area (Å²) in [6.07, 6.45) is 0.640. The van der Waals surface area contributed by atoms with Gasteiger partial charge in [0.15, 0.2) is 0 Å². The Morgan fingerprint density at radius 3 is 2.17 bits per heavy atom. The van der Waals surface area contributed by atoms with Gasteiger partial charge in [0.1, 0.15) is 0 Å². The maximum Gasteiger partial charge on any atom is 0.239 e. The van der Waals surface area contributed by atoms with E-state index in [9.17, 15) is 9.59 Å². The first-order valence-electron chi connectivity index (χ1n) is 6.61. The third-order valence-corrected chi connectivity index (χ3v) is 2.52. The van der Waals surface area contributed by atoms with E-state index in [1.54, 1.807) is 0 Å². The van der Waals surface area contributed by atoms with E-state index in [0.717, 1.165) is 0 Å². The molecule has 0 spiro atoms. The Morgan fingerprint density at radius 2 is 1.78 bits per heavy atom. The van der Waals surface area contributed by atoms with Crippen LogP contribution in [0.5, 0.6) is 0 Å². The van der Waals surface area contributed by atoms with Gasteiger partial charge in [-0.3, -0.25) is 9.59 Å². The zero-order valence-electron chi connectivity index (χ0n) is 12.2. The summed E-state index contributed by atoms with van der Waals surface area (Å²) in [6.45, 7) is 10.3. The van der Waals surface area contributed by atoms with Gasteiger partial charge in [0.05, 0.1) is 12.6 Å². The number of carbonyl (C=O) groups excluding carboxylic acids is 2. The number of nitrogens with two attached hydrogens (primary N) is 1. The molecule has 0 aromatic heterocycles. The highest BCUT2D eigenvalue weighted by Gasteiger charge is 2.22. The van der Waals surface area contributed by atoms with Gasteiger partial charge < -0.3 is 16.0 Å². The molecule has 0 saturated heterocycles. The number of likely N-dealkylation sites (N-methyl/N-ethyl adjacent to an activating group) is 1. The largest absolute Gasteiger partial charge is 0.352 e. The predicted octanol–water partition coefficient (Wildman–Crippen LogP) is 0.733. The van der Waals surface area contributed by atoms with E-state index in [0.29, 0.717) is 18.9 Å². The van der Waals surface area contributed by atoms with Crippen molar-refractivity contribution in [2.45, 2.75) is 53.1 Å². The molecule has 0 rings (SSSR count). The fourth-order valence-electron chi connectivity index (χ4n) is 1.73. The first-order valence-corrected chi connectivity index (χ1v) is 6.61. The van der Waals surface area contributed by atoms with Gasteiger partial charge in [-0.2, -0.15) is 0 Å². The Hall–Kier alpha value is -1.10. The van der Waals surface area contributed by atoms with Crippen LogP contribution in [0.25, 0.3) is 0 Å². The van der Waals surface area contributed by atoms with Crippen LogP contribution in [0.4, 0.5) is 0 Å². The van der Waals surface area contributed by atoms with Crippen LogP contribution in [-0.4, -0.2) is 41.9 Å². The zero-order chi connectivity index (χ0) is 14.3. The molecule has 0 saturated carbocycles. The SMILES string of the molecule is CCN(CC(=O)NC(C)C)C(=O)[C@@H](N)CC(C)C. The zero-order valence-corrected chi connectivity index (χ0v) is 12.2. The second kappa shape index (κ2) is 8.08. The Morgan fingerprint density at radius 1 is 1.22 bits per heavy atom. The van der Waals surface area contributed by atoms with E-state index >= 15 is 0 Å². The first kappa shape index (κ1) is 16.9. The minimum atomic E-state index is -0.517. The molecule has 0 aliphatic carbocycles. The molecule has 0 heterocycles. The molecule has 0 bridgehead atoms. The molecule has 0 unspecified atom stereocenters. The second-order valence-corrected chi connectivity index (χ2v) is 5.31. The van der Waals surface area contributed by atoms with Crippen LogP contribution in [0, 0.1) is 5.92 Å². The van der Waals surface area contributed by atoms with E-state index in [1.807, 2.05) is 34.6 Å². The van der Waals surface area contributed by atoms with Gasteiger partial charge in [-0.1, -0.05) is 13.8 Å². The van der Waals surface area contributed by atoms with Gasteiger partial charge in [0.25, 0.3) is 0 Å². The minimum Gasteiger partial charge on any atom is -0.352 e. The van der Waals surface area contributed by atoms with Crippen LogP contribution in [0.1, 0.15) is 41.0 Å². The molecule has 0 fully saturated rings. The molecule has 5 heteroatoms. The van der Waals surface area contributed by atoms with Crippen LogP contribution >= 0.6 is 0 Å². The molecule has 0 aliphatic heterocycles. The first-order chi connectivity index (χ1) is 8.27. The maximum atomic E-state index is 12.1. The molecule has 106 valence electrons. The molecular weight excluding hydrogens is 230 g/mol. The summed E-state index contributed by atoms with van der Waals surface area (Å²) in [5, 5.41) is 2.77. The summed E-state index contributed by atoms with van der Waals surface area (Å²) < 4.78 is 0. The highest BCUT2D eigenvalue weighted by atomic mass is 16.2. The number of rotatable bonds is 7.